The highest BCUT2D eigenvalue weighted by atomic mass is 19.3. The Bertz CT molecular complexity index is 1170. The third-order valence-corrected chi connectivity index (χ3v) is 4.95. The van der Waals surface area contributed by atoms with E-state index in [0.29, 0.717) is 12.1 Å². The summed E-state index contributed by atoms with van der Waals surface area (Å²) < 4.78 is 31.8. The molecular weight excluding hydrogens is 392 g/mol. The van der Waals surface area contributed by atoms with Crippen LogP contribution in [0.5, 0.6) is 0 Å². The number of hydrogen-bond donors (Lipinski definition) is 1. The first-order valence-electron chi connectivity index (χ1n) is 9.45. The zero-order chi connectivity index (χ0) is 20.5. The molecule has 0 saturated carbocycles. The van der Waals surface area contributed by atoms with Crippen molar-refractivity contribution in [2.45, 2.75) is 25.9 Å². The lowest BCUT2D eigenvalue weighted by Crippen LogP contribution is -2.23. The summed E-state index contributed by atoms with van der Waals surface area (Å²) in [5.41, 5.74) is 5.69. The Hall–Kier alpha value is -3.53. The minimum atomic E-state index is -2.80. The minimum absolute atomic E-state index is 0.00860. The van der Waals surface area contributed by atoms with E-state index in [-0.39, 0.29) is 5.89 Å². The molecule has 4 heterocycles. The summed E-state index contributed by atoms with van der Waals surface area (Å²) in [7, 11) is 0. The molecule has 4 aromatic rings. The highest BCUT2D eigenvalue weighted by Gasteiger charge is 2.17. The topological polar surface area (TPSA) is 94.6 Å². The van der Waals surface area contributed by atoms with Gasteiger partial charge < -0.3 is 9.73 Å². The minimum Gasteiger partial charge on any atom is -0.415 e. The second-order valence-corrected chi connectivity index (χ2v) is 7.00. The van der Waals surface area contributed by atoms with Gasteiger partial charge in [-0.2, -0.15) is 8.78 Å². The van der Waals surface area contributed by atoms with Gasteiger partial charge in [-0.15, -0.1) is 15.3 Å². The average Bonchev–Trinajstić information content (AvgIpc) is 3.44. The van der Waals surface area contributed by atoms with Gasteiger partial charge in [0.15, 0.2) is 0 Å². The standard InChI is InChI=1S/C20H17F2N7O/c21-18(22)20-27-26-19(30-20)14-3-4-16(24-9-14)10-29-11-17(25-28-29)13-2-1-12-5-6-23-8-15(12)7-13/h1-4,7,9,11,18,23H,5-6,8,10H2. The van der Waals surface area contributed by atoms with Crippen molar-refractivity contribution in [3.8, 4) is 22.7 Å². The van der Waals surface area contributed by atoms with Crippen molar-refractivity contribution in [2.75, 3.05) is 6.54 Å². The van der Waals surface area contributed by atoms with E-state index in [2.05, 4.69) is 49.0 Å². The molecule has 30 heavy (non-hydrogen) atoms. The van der Waals surface area contributed by atoms with Gasteiger partial charge in [0.1, 0.15) is 5.69 Å². The van der Waals surface area contributed by atoms with Gasteiger partial charge in [-0.3, -0.25) is 4.98 Å². The van der Waals surface area contributed by atoms with Gasteiger partial charge >= 0.3 is 6.43 Å². The summed E-state index contributed by atoms with van der Waals surface area (Å²) in [6, 6.07) is 9.83. The van der Waals surface area contributed by atoms with E-state index in [9.17, 15) is 8.78 Å². The molecule has 0 fully saturated rings. The smallest absolute Gasteiger partial charge is 0.314 e. The number of nitrogens with zero attached hydrogens (tertiary/aromatic N) is 6. The number of aromatic nitrogens is 6. The fraction of sp³-hybridized carbons (Fsp3) is 0.250. The van der Waals surface area contributed by atoms with Gasteiger partial charge in [0.2, 0.25) is 5.89 Å². The highest BCUT2D eigenvalue weighted by Crippen LogP contribution is 2.24. The summed E-state index contributed by atoms with van der Waals surface area (Å²) in [6.07, 6.45) is 1.62. The zero-order valence-corrected chi connectivity index (χ0v) is 15.8. The first-order chi connectivity index (χ1) is 14.7. The number of hydrogen-bond acceptors (Lipinski definition) is 7. The number of rotatable bonds is 5. The lowest BCUT2D eigenvalue weighted by Gasteiger charge is -2.17. The molecule has 0 radical (unpaired) electrons. The Morgan fingerprint density at radius 3 is 2.77 bits per heavy atom. The van der Waals surface area contributed by atoms with E-state index in [1.807, 2.05) is 6.20 Å². The second kappa shape index (κ2) is 7.71. The molecule has 152 valence electrons. The maximum atomic E-state index is 12.6. The van der Waals surface area contributed by atoms with Crippen LogP contribution < -0.4 is 5.32 Å². The second-order valence-electron chi connectivity index (χ2n) is 7.00. The van der Waals surface area contributed by atoms with Gasteiger partial charge in [0, 0.05) is 18.3 Å². The third kappa shape index (κ3) is 3.69. The van der Waals surface area contributed by atoms with Gasteiger partial charge in [-0.05, 0) is 42.3 Å². The fourth-order valence-corrected chi connectivity index (χ4v) is 3.40. The molecular formula is C20H17F2N7O. The third-order valence-electron chi connectivity index (χ3n) is 4.95. The SMILES string of the molecule is FC(F)c1nnc(-c2ccc(Cn3cc(-c4ccc5c(c4)CNCC5)nn3)nc2)o1. The van der Waals surface area contributed by atoms with E-state index in [0.717, 1.165) is 36.5 Å². The number of benzene rings is 1. The van der Waals surface area contributed by atoms with Crippen LogP contribution >= 0.6 is 0 Å². The number of nitrogens with one attached hydrogen (secondary N) is 1. The number of fused-ring (bicyclic) bond motifs is 1. The molecule has 0 saturated heterocycles. The molecule has 0 unspecified atom stereocenters. The Kier molecular flexibility index (Phi) is 4.75. The summed E-state index contributed by atoms with van der Waals surface area (Å²) >= 11 is 0. The summed E-state index contributed by atoms with van der Waals surface area (Å²) in [5.74, 6) is -0.698. The van der Waals surface area contributed by atoms with Crippen molar-refractivity contribution in [1.29, 1.82) is 0 Å². The van der Waals surface area contributed by atoms with Crippen molar-refractivity contribution in [1.82, 2.24) is 35.5 Å². The van der Waals surface area contributed by atoms with Crippen molar-refractivity contribution in [3.05, 3.63) is 65.4 Å². The number of pyridine rings is 1. The van der Waals surface area contributed by atoms with Gasteiger partial charge in [-0.1, -0.05) is 17.3 Å². The Morgan fingerprint density at radius 1 is 1.07 bits per heavy atom. The summed E-state index contributed by atoms with van der Waals surface area (Å²) in [6.45, 7) is 2.30. The first kappa shape index (κ1) is 18.5. The van der Waals surface area contributed by atoms with Crippen LogP contribution in [0, 0.1) is 0 Å². The maximum absolute atomic E-state index is 12.6. The summed E-state index contributed by atoms with van der Waals surface area (Å²) in [4.78, 5) is 4.33. The molecule has 1 N–H and O–H groups in total. The fourth-order valence-electron chi connectivity index (χ4n) is 3.40. The van der Waals surface area contributed by atoms with Gasteiger partial charge in [-0.25, -0.2) is 4.68 Å². The Balaban J connectivity index is 1.30. The van der Waals surface area contributed by atoms with Gasteiger partial charge in [0.25, 0.3) is 5.89 Å². The molecule has 0 amide bonds. The van der Waals surface area contributed by atoms with Crippen LogP contribution in [0.1, 0.15) is 29.1 Å². The van der Waals surface area contributed by atoms with Crippen molar-refractivity contribution < 1.29 is 13.2 Å². The van der Waals surface area contributed by atoms with Gasteiger partial charge in [0.05, 0.1) is 24.0 Å². The van der Waals surface area contributed by atoms with E-state index in [4.69, 9.17) is 4.42 Å². The normalized spacial score (nSPS) is 13.6. The van der Waals surface area contributed by atoms with Crippen molar-refractivity contribution in [2.24, 2.45) is 0 Å². The van der Waals surface area contributed by atoms with Crippen LogP contribution in [0.3, 0.4) is 0 Å². The molecule has 0 aliphatic carbocycles. The van der Waals surface area contributed by atoms with E-state index >= 15 is 0 Å². The zero-order valence-electron chi connectivity index (χ0n) is 15.8. The highest BCUT2D eigenvalue weighted by molar-refractivity contribution is 5.60. The van der Waals surface area contributed by atoms with Crippen LogP contribution in [-0.4, -0.2) is 36.7 Å². The van der Waals surface area contributed by atoms with Crippen LogP contribution in [0.25, 0.3) is 22.7 Å². The van der Waals surface area contributed by atoms with Crippen molar-refractivity contribution >= 4 is 0 Å². The van der Waals surface area contributed by atoms with Crippen LogP contribution in [0.4, 0.5) is 8.78 Å². The predicted molar refractivity (Wildman–Crippen MR) is 102 cm³/mol. The molecule has 10 heteroatoms. The van der Waals surface area contributed by atoms with E-state index < -0.39 is 12.3 Å². The predicted octanol–water partition coefficient (Wildman–Crippen LogP) is 3.02. The van der Waals surface area contributed by atoms with E-state index in [1.54, 1.807) is 16.8 Å². The summed E-state index contributed by atoms with van der Waals surface area (Å²) in [5, 5.41) is 18.8. The molecule has 1 aromatic carbocycles. The number of alkyl halides is 2. The molecule has 1 aliphatic rings. The average molecular weight is 409 g/mol. The lowest BCUT2D eigenvalue weighted by atomic mass is 9.98. The number of halogens is 2. The monoisotopic (exact) mass is 409 g/mol. The van der Waals surface area contributed by atoms with Crippen molar-refractivity contribution in [3.63, 3.8) is 0 Å². The molecule has 5 rings (SSSR count). The van der Waals surface area contributed by atoms with Crippen LogP contribution in [0.2, 0.25) is 0 Å². The Labute approximate surface area is 170 Å². The van der Waals surface area contributed by atoms with E-state index in [1.165, 1.54) is 17.3 Å². The molecule has 0 atom stereocenters. The Morgan fingerprint density at radius 2 is 1.97 bits per heavy atom. The largest absolute Gasteiger partial charge is 0.415 e. The quantitative estimate of drug-likeness (QED) is 0.541. The maximum Gasteiger partial charge on any atom is 0.314 e. The molecule has 0 spiro atoms. The molecule has 3 aromatic heterocycles. The van der Waals surface area contributed by atoms with Crippen LogP contribution in [0.15, 0.2) is 47.1 Å². The van der Waals surface area contributed by atoms with Crippen LogP contribution in [-0.2, 0) is 19.5 Å². The molecule has 1 aliphatic heterocycles. The molecule has 0 bridgehead atoms. The molecule has 8 nitrogen and oxygen atoms in total. The lowest BCUT2D eigenvalue weighted by molar-refractivity contribution is 0.116. The first-order valence-corrected chi connectivity index (χ1v) is 9.45.